The van der Waals surface area contributed by atoms with E-state index in [4.69, 9.17) is 0 Å². The Kier molecular flexibility index (Phi) is 4.72. The lowest BCUT2D eigenvalue weighted by molar-refractivity contribution is -0.142. The molecule has 0 fully saturated rings. The van der Waals surface area contributed by atoms with Gasteiger partial charge in [0.2, 0.25) is 0 Å². The van der Waals surface area contributed by atoms with Crippen molar-refractivity contribution in [1.82, 2.24) is 4.98 Å². The Morgan fingerprint density at radius 2 is 2.18 bits per heavy atom. The van der Waals surface area contributed by atoms with Gasteiger partial charge in [0, 0.05) is 9.77 Å². The molecule has 3 nitrogen and oxygen atoms in total. The molecule has 0 spiro atoms. The number of rotatable bonds is 3. The van der Waals surface area contributed by atoms with Gasteiger partial charge in [-0.25, -0.2) is 0 Å². The van der Waals surface area contributed by atoms with Gasteiger partial charge in [-0.2, -0.15) is 13.2 Å². The van der Waals surface area contributed by atoms with Gasteiger partial charge in [-0.05, 0) is 35.6 Å². The predicted molar refractivity (Wildman–Crippen MR) is 62.3 cm³/mol. The highest BCUT2D eigenvalue weighted by Crippen LogP contribution is 2.32. The molecule has 0 N–H and O–H groups in total. The van der Waals surface area contributed by atoms with Gasteiger partial charge in [-0.1, -0.05) is 0 Å². The van der Waals surface area contributed by atoms with Crippen LogP contribution in [0.4, 0.5) is 13.2 Å². The highest BCUT2D eigenvalue weighted by Gasteiger charge is 2.33. The van der Waals surface area contributed by atoms with E-state index in [0.29, 0.717) is 0 Å². The maximum Gasteiger partial charge on any atom is 0.418 e. The summed E-state index contributed by atoms with van der Waals surface area (Å²) in [5.74, 6) is -0.504. The molecule has 0 aliphatic rings. The lowest BCUT2D eigenvalue weighted by Crippen LogP contribution is -2.12. The zero-order valence-electron chi connectivity index (χ0n) is 8.84. The minimum Gasteiger partial charge on any atom is -0.466 e. The highest BCUT2D eigenvalue weighted by molar-refractivity contribution is 14.1. The molecule has 17 heavy (non-hydrogen) atoms. The number of hydrogen-bond donors (Lipinski definition) is 0. The van der Waals surface area contributed by atoms with E-state index in [9.17, 15) is 18.0 Å². The fraction of sp³-hybridized carbons (Fsp3) is 0.400. The van der Waals surface area contributed by atoms with Crippen LogP contribution in [0.1, 0.15) is 18.2 Å². The summed E-state index contributed by atoms with van der Waals surface area (Å²) in [4.78, 5) is 14.7. The van der Waals surface area contributed by atoms with E-state index in [1.165, 1.54) is 6.07 Å². The molecule has 94 valence electrons. The molecule has 0 saturated heterocycles. The van der Waals surface area contributed by atoms with Crippen LogP contribution in [0.5, 0.6) is 0 Å². The number of nitrogens with zero attached hydrogens (tertiary/aromatic N) is 1. The fourth-order valence-electron chi connectivity index (χ4n) is 1.14. The number of halogens is 4. The second kappa shape index (κ2) is 5.65. The predicted octanol–water partition coefficient (Wildman–Crippen LogP) is 2.81. The van der Waals surface area contributed by atoms with E-state index in [1.54, 1.807) is 29.5 Å². The number of carbonyl (C=O) groups is 1. The Labute approximate surface area is 110 Å². The van der Waals surface area contributed by atoms with Gasteiger partial charge in [0.05, 0.1) is 24.3 Å². The van der Waals surface area contributed by atoms with Crippen molar-refractivity contribution in [2.75, 3.05) is 6.61 Å². The molecule has 0 amide bonds. The Morgan fingerprint density at radius 1 is 1.53 bits per heavy atom. The maximum atomic E-state index is 12.4. The van der Waals surface area contributed by atoms with Gasteiger partial charge in [0.15, 0.2) is 0 Å². The monoisotopic (exact) mass is 359 g/mol. The summed E-state index contributed by atoms with van der Waals surface area (Å²) in [5, 5.41) is 0. The molecule has 1 rings (SSSR count). The largest absolute Gasteiger partial charge is 0.466 e. The first-order valence-electron chi connectivity index (χ1n) is 4.71. The molecule has 0 atom stereocenters. The second-order valence-corrected chi connectivity index (χ2v) is 4.30. The van der Waals surface area contributed by atoms with E-state index < -0.39 is 17.7 Å². The minimum absolute atomic E-state index is 0.0180. The zero-order valence-corrected chi connectivity index (χ0v) is 11.0. The summed E-state index contributed by atoms with van der Waals surface area (Å²) < 4.78 is 42.0. The molecule has 0 aliphatic carbocycles. The van der Waals surface area contributed by atoms with Crippen molar-refractivity contribution in [2.45, 2.75) is 19.5 Å². The van der Waals surface area contributed by atoms with Gasteiger partial charge in [0.1, 0.15) is 0 Å². The van der Waals surface area contributed by atoms with Crippen molar-refractivity contribution >= 4 is 28.6 Å². The van der Waals surface area contributed by atoms with Crippen LogP contribution >= 0.6 is 22.6 Å². The third kappa shape index (κ3) is 4.14. The van der Waals surface area contributed by atoms with Crippen LogP contribution < -0.4 is 0 Å². The lowest BCUT2D eigenvalue weighted by Gasteiger charge is -2.09. The number of ether oxygens (including phenoxy) is 1. The van der Waals surface area contributed by atoms with Crippen molar-refractivity contribution in [3.63, 3.8) is 0 Å². The summed E-state index contributed by atoms with van der Waals surface area (Å²) in [5.41, 5.74) is -0.536. The molecule has 0 aromatic carbocycles. The summed E-state index contributed by atoms with van der Waals surface area (Å²) in [6, 6.07) is 1.24. The van der Waals surface area contributed by atoms with Crippen LogP contribution in [-0.4, -0.2) is 17.6 Å². The smallest absolute Gasteiger partial charge is 0.418 e. The number of esters is 1. The van der Waals surface area contributed by atoms with Crippen LogP contribution in [0.25, 0.3) is 0 Å². The second-order valence-electron chi connectivity index (χ2n) is 3.14. The first kappa shape index (κ1) is 14.2. The molecule has 0 saturated carbocycles. The Bertz CT molecular complexity index is 421. The Balaban J connectivity index is 2.86. The van der Waals surface area contributed by atoms with Crippen LogP contribution in [0.15, 0.2) is 12.3 Å². The zero-order chi connectivity index (χ0) is 13.1. The normalized spacial score (nSPS) is 11.4. The molecule has 1 heterocycles. The number of carbonyl (C=O) groups excluding carboxylic acids is 1. The van der Waals surface area contributed by atoms with Crippen LogP contribution in [0.2, 0.25) is 0 Å². The number of pyridine rings is 1. The molecule has 0 radical (unpaired) electrons. The maximum absolute atomic E-state index is 12.4. The average molecular weight is 359 g/mol. The van der Waals surface area contributed by atoms with Gasteiger partial charge in [0.25, 0.3) is 0 Å². The summed E-state index contributed by atoms with van der Waals surface area (Å²) in [6.07, 6.45) is -3.82. The van der Waals surface area contributed by atoms with E-state index in [1.807, 2.05) is 0 Å². The molecular formula is C10H9F3INO2. The van der Waals surface area contributed by atoms with Crippen molar-refractivity contribution in [3.8, 4) is 0 Å². The quantitative estimate of drug-likeness (QED) is 0.616. The third-order valence-corrected chi connectivity index (χ3v) is 2.74. The van der Waals surface area contributed by atoms with Crippen molar-refractivity contribution < 1.29 is 22.7 Å². The molecule has 0 unspecified atom stereocenters. The van der Waals surface area contributed by atoms with Crippen LogP contribution in [-0.2, 0) is 22.1 Å². The molecule has 1 aromatic rings. The van der Waals surface area contributed by atoms with Gasteiger partial charge < -0.3 is 4.74 Å². The topological polar surface area (TPSA) is 39.2 Å². The van der Waals surface area contributed by atoms with Gasteiger partial charge >= 0.3 is 12.1 Å². The summed E-state index contributed by atoms with van der Waals surface area (Å²) in [7, 11) is 0. The summed E-state index contributed by atoms with van der Waals surface area (Å²) >= 11 is 1.57. The third-order valence-electron chi connectivity index (χ3n) is 1.85. The fourth-order valence-corrected chi connectivity index (χ4v) is 1.94. The highest BCUT2D eigenvalue weighted by atomic mass is 127. The molecular weight excluding hydrogens is 350 g/mol. The van der Waals surface area contributed by atoms with Gasteiger partial charge in [-0.3, -0.25) is 9.78 Å². The number of hydrogen-bond acceptors (Lipinski definition) is 3. The standard InChI is InChI=1S/C10H9F3INO2/c1-2-17-9(16)4-6-3-8(14)7(5-15-6)10(11,12)13/h3,5H,2,4H2,1H3. The lowest BCUT2D eigenvalue weighted by atomic mass is 10.2. The molecule has 0 aliphatic heterocycles. The first-order chi connectivity index (χ1) is 7.84. The average Bonchev–Trinajstić information content (AvgIpc) is 2.15. The van der Waals surface area contributed by atoms with Crippen LogP contribution in [0, 0.1) is 3.57 Å². The van der Waals surface area contributed by atoms with Crippen LogP contribution in [0.3, 0.4) is 0 Å². The van der Waals surface area contributed by atoms with E-state index in [0.717, 1.165) is 6.20 Å². The molecule has 0 bridgehead atoms. The Hall–Kier alpha value is -0.860. The number of aromatic nitrogens is 1. The van der Waals surface area contributed by atoms with Crippen molar-refractivity contribution in [1.29, 1.82) is 0 Å². The van der Waals surface area contributed by atoms with E-state index in [2.05, 4.69) is 9.72 Å². The molecule has 7 heteroatoms. The van der Waals surface area contributed by atoms with E-state index >= 15 is 0 Å². The summed E-state index contributed by atoms with van der Waals surface area (Å²) in [6.45, 7) is 1.89. The molecule has 1 aromatic heterocycles. The Morgan fingerprint density at radius 3 is 2.65 bits per heavy atom. The number of alkyl halides is 3. The van der Waals surface area contributed by atoms with Gasteiger partial charge in [-0.15, -0.1) is 0 Å². The minimum atomic E-state index is -4.42. The SMILES string of the molecule is CCOC(=O)Cc1cc(I)c(C(F)(F)F)cn1. The van der Waals surface area contributed by atoms with Crippen molar-refractivity contribution in [3.05, 3.63) is 27.1 Å². The first-order valence-corrected chi connectivity index (χ1v) is 5.79. The van der Waals surface area contributed by atoms with E-state index in [-0.39, 0.29) is 22.3 Å². The van der Waals surface area contributed by atoms with Crippen molar-refractivity contribution in [2.24, 2.45) is 0 Å².